The Bertz CT molecular complexity index is 1020. The van der Waals surface area contributed by atoms with Crippen molar-refractivity contribution in [1.82, 2.24) is 5.32 Å². The summed E-state index contributed by atoms with van der Waals surface area (Å²) in [6, 6.07) is -0.541. The fourth-order valence-electron chi connectivity index (χ4n) is 9.81. The number of rotatable bonds is 58. The first-order valence-electron chi connectivity index (χ1n) is 30.9. The molecule has 0 spiro atoms. The maximum atomic E-state index is 12.5. The Balaban J connectivity index is 3.36. The molecule has 0 bridgehead atoms. The normalized spacial score (nSPS) is 12.6. The minimum absolute atomic E-state index is 0.00843. The second-order valence-corrected chi connectivity index (χ2v) is 21.4. The quantitative estimate of drug-likeness (QED) is 0.0321. The van der Waals surface area contributed by atoms with E-state index in [1.165, 1.54) is 270 Å². The summed E-state index contributed by atoms with van der Waals surface area (Å²) in [5, 5.41) is 23.2. The lowest BCUT2D eigenvalue weighted by Crippen LogP contribution is -2.45. The van der Waals surface area contributed by atoms with Crippen LogP contribution in [0.1, 0.15) is 348 Å². The van der Waals surface area contributed by atoms with E-state index in [2.05, 4.69) is 31.3 Å². The predicted molar refractivity (Wildman–Crippen MR) is 297 cm³/mol. The van der Waals surface area contributed by atoms with Gasteiger partial charge in [0.15, 0.2) is 0 Å². The van der Waals surface area contributed by atoms with Crippen molar-refractivity contribution in [2.45, 2.75) is 360 Å². The number of carbonyl (C=O) groups is 2. The van der Waals surface area contributed by atoms with Crippen molar-refractivity contribution in [1.29, 1.82) is 0 Å². The number of aliphatic hydroxyl groups excluding tert-OH is 2. The summed E-state index contributed by atoms with van der Waals surface area (Å²) in [4.78, 5) is 24.6. The standard InChI is InChI=1S/C62H121NO5/c1-3-5-7-9-11-13-15-17-18-19-25-28-32-36-40-44-48-52-56-62(67)68-57-53-49-45-41-37-33-29-26-23-21-20-22-24-27-31-35-39-43-47-51-55-61(66)63-59(58-64)60(65)54-50-46-42-38-34-30-16-14-12-10-8-6-4-2/h18-19,59-60,64-65H,3-17,20-58H2,1-2H3,(H,63,66)/b19-18-. The Morgan fingerprint density at radius 1 is 0.397 bits per heavy atom. The number of nitrogens with one attached hydrogen (secondary N) is 1. The molecular weight excluding hydrogens is 839 g/mol. The van der Waals surface area contributed by atoms with Crippen LogP contribution in [0.15, 0.2) is 12.2 Å². The molecule has 2 atom stereocenters. The monoisotopic (exact) mass is 960 g/mol. The molecule has 0 rings (SSSR count). The fraction of sp³-hybridized carbons (Fsp3) is 0.935. The highest BCUT2D eigenvalue weighted by Gasteiger charge is 2.20. The lowest BCUT2D eigenvalue weighted by atomic mass is 10.0. The number of ether oxygens (including phenoxy) is 1. The highest BCUT2D eigenvalue weighted by atomic mass is 16.5. The van der Waals surface area contributed by atoms with Crippen LogP contribution in [0.3, 0.4) is 0 Å². The molecule has 404 valence electrons. The number of unbranched alkanes of at least 4 members (excludes halogenated alkanes) is 45. The molecule has 1 amide bonds. The van der Waals surface area contributed by atoms with E-state index in [4.69, 9.17) is 4.74 Å². The zero-order valence-electron chi connectivity index (χ0n) is 46.1. The minimum atomic E-state index is -0.664. The molecule has 0 heterocycles. The third kappa shape index (κ3) is 53.9. The van der Waals surface area contributed by atoms with Gasteiger partial charge < -0.3 is 20.3 Å². The summed E-state index contributed by atoms with van der Waals surface area (Å²) >= 11 is 0. The number of hydrogen-bond donors (Lipinski definition) is 3. The topological polar surface area (TPSA) is 95.9 Å². The summed E-state index contributed by atoms with van der Waals surface area (Å²) in [5.74, 6) is -0.0268. The summed E-state index contributed by atoms with van der Waals surface area (Å²) in [6.07, 6.45) is 69.3. The maximum absolute atomic E-state index is 12.5. The average Bonchev–Trinajstić information content (AvgIpc) is 3.34. The molecule has 0 aromatic heterocycles. The molecule has 0 aliphatic heterocycles. The van der Waals surface area contributed by atoms with Crippen LogP contribution in [0.25, 0.3) is 0 Å². The molecule has 0 saturated heterocycles. The molecule has 0 saturated carbocycles. The first kappa shape index (κ1) is 66.6. The summed E-state index contributed by atoms with van der Waals surface area (Å²) in [5.41, 5.74) is 0. The molecule has 68 heavy (non-hydrogen) atoms. The molecule has 0 aliphatic rings. The largest absolute Gasteiger partial charge is 0.466 e. The van der Waals surface area contributed by atoms with Crippen molar-refractivity contribution in [2.24, 2.45) is 0 Å². The van der Waals surface area contributed by atoms with Gasteiger partial charge in [-0.3, -0.25) is 9.59 Å². The molecular formula is C62H121NO5. The van der Waals surface area contributed by atoms with Crippen LogP contribution in [0, 0.1) is 0 Å². The van der Waals surface area contributed by atoms with Gasteiger partial charge in [0.2, 0.25) is 5.91 Å². The van der Waals surface area contributed by atoms with Crippen molar-refractivity contribution in [3.8, 4) is 0 Å². The number of hydrogen-bond acceptors (Lipinski definition) is 5. The Morgan fingerprint density at radius 3 is 1.04 bits per heavy atom. The Kier molecular flexibility index (Phi) is 57.0. The van der Waals surface area contributed by atoms with Gasteiger partial charge in [-0.15, -0.1) is 0 Å². The van der Waals surface area contributed by atoms with Crippen molar-refractivity contribution in [2.75, 3.05) is 13.2 Å². The SMILES string of the molecule is CCCCCCCCC/C=C\CCCCCCCCCC(=O)OCCCCCCCCCCCCCCCCCCCCCCC(=O)NC(CO)C(O)CCCCCCCCCCCCCCC. The van der Waals surface area contributed by atoms with Crippen LogP contribution in [-0.2, 0) is 14.3 Å². The van der Waals surface area contributed by atoms with E-state index in [0.717, 1.165) is 44.9 Å². The highest BCUT2D eigenvalue weighted by Crippen LogP contribution is 2.18. The number of carbonyl (C=O) groups excluding carboxylic acids is 2. The van der Waals surface area contributed by atoms with Gasteiger partial charge in [-0.05, 0) is 51.4 Å². The molecule has 6 heteroatoms. The van der Waals surface area contributed by atoms with Gasteiger partial charge in [0.25, 0.3) is 0 Å². The van der Waals surface area contributed by atoms with Gasteiger partial charge in [0.05, 0.1) is 25.4 Å². The zero-order valence-corrected chi connectivity index (χ0v) is 46.1. The van der Waals surface area contributed by atoms with Gasteiger partial charge >= 0.3 is 5.97 Å². The third-order valence-corrected chi connectivity index (χ3v) is 14.6. The van der Waals surface area contributed by atoms with E-state index in [9.17, 15) is 19.8 Å². The van der Waals surface area contributed by atoms with Crippen molar-refractivity contribution in [3.63, 3.8) is 0 Å². The van der Waals surface area contributed by atoms with Crippen LogP contribution in [0.5, 0.6) is 0 Å². The smallest absolute Gasteiger partial charge is 0.305 e. The van der Waals surface area contributed by atoms with E-state index in [1.54, 1.807) is 0 Å². The lowest BCUT2D eigenvalue weighted by molar-refractivity contribution is -0.143. The van der Waals surface area contributed by atoms with Crippen molar-refractivity contribution in [3.05, 3.63) is 12.2 Å². The second-order valence-electron chi connectivity index (χ2n) is 21.4. The first-order chi connectivity index (χ1) is 33.5. The van der Waals surface area contributed by atoms with Crippen LogP contribution in [0.2, 0.25) is 0 Å². The summed E-state index contributed by atoms with van der Waals surface area (Å²) < 4.78 is 5.49. The van der Waals surface area contributed by atoms with E-state index < -0.39 is 12.1 Å². The third-order valence-electron chi connectivity index (χ3n) is 14.6. The van der Waals surface area contributed by atoms with Crippen molar-refractivity contribution >= 4 is 11.9 Å². The second kappa shape index (κ2) is 58.2. The molecule has 0 radical (unpaired) electrons. The van der Waals surface area contributed by atoms with Gasteiger partial charge in [-0.2, -0.15) is 0 Å². The molecule has 0 fully saturated rings. The summed E-state index contributed by atoms with van der Waals surface area (Å²) in [7, 11) is 0. The Labute approximate surface area is 425 Å². The first-order valence-corrected chi connectivity index (χ1v) is 30.9. The zero-order chi connectivity index (χ0) is 49.3. The number of allylic oxidation sites excluding steroid dienone is 2. The highest BCUT2D eigenvalue weighted by molar-refractivity contribution is 5.76. The van der Waals surface area contributed by atoms with E-state index in [-0.39, 0.29) is 18.5 Å². The van der Waals surface area contributed by atoms with Crippen LogP contribution in [-0.4, -0.2) is 47.4 Å². The lowest BCUT2D eigenvalue weighted by Gasteiger charge is -2.22. The van der Waals surface area contributed by atoms with Crippen LogP contribution < -0.4 is 5.32 Å². The van der Waals surface area contributed by atoms with Crippen LogP contribution >= 0.6 is 0 Å². The molecule has 0 aromatic rings. The fourth-order valence-corrected chi connectivity index (χ4v) is 9.81. The number of aliphatic hydroxyl groups is 2. The van der Waals surface area contributed by atoms with Gasteiger partial charge in [-0.1, -0.05) is 296 Å². The van der Waals surface area contributed by atoms with Crippen LogP contribution in [0.4, 0.5) is 0 Å². The molecule has 0 aromatic carbocycles. The average molecular weight is 961 g/mol. The predicted octanol–water partition coefficient (Wildman–Crippen LogP) is 19.2. The molecule has 3 N–H and O–H groups in total. The van der Waals surface area contributed by atoms with E-state index >= 15 is 0 Å². The van der Waals surface area contributed by atoms with Gasteiger partial charge in [0, 0.05) is 12.8 Å². The van der Waals surface area contributed by atoms with Gasteiger partial charge in [0.1, 0.15) is 0 Å². The Hall–Kier alpha value is -1.40. The minimum Gasteiger partial charge on any atom is -0.466 e. The molecule has 6 nitrogen and oxygen atoms in total. The number of amides is 1. The van der Waals surface area contributed by atoms with Gasteiger partial charge in [-0.25, -0.2) is 0 Å². The van der Waals surface area contributed by atoms with E-state index in [0.29, 0.717) is 25.9 Å². The van der Waals surface area contributed by atoms with E-state index in [1.807, 2.05) is 0 Å². The summed E-state index contributed by atoms with van der Waals surface area (Å²) in [6.45, 7) is 4.96. The Morgan fingerprint density at radius 2 is 0.691 bits per heavy atom. The van der Waals surface area contributed by atoms with Crippen molar-refractivity contribution < 1.29 is 24.5 Å². The molecule has 2 unspecified atom stereocenters. The maximum Gasteiger partial charge on any atom is 0.305 e. The number of esters is 1. The molecule has 0 aliphatic carbocycles.